The van der Waals surface area contributed by atoms with Crippen LogP contribution in [-0.2, 0) is 47.6 Å². The molecule has 1 aliphatic heterocycles. The third-order valence-corrected chi connectivity index (χ3v) is 12.6. The summed E-state index contributed by atoms with van der Waals surface area (Å²) in [6.07, 6.45) is 44.3. The summed E-state index contributed by atoms with van der Waals surface area (Å²) < 4.78 is 31.6. The Balaban J connectivity index is 0. The van der Waals surface area contributed by atoms with Crippen LogP contribution in [0.5, 0.6) is 0 Å². The lowest BCUT2D eigenvalue weighted by atomic mass is 9.99. The van der Waals surface area contributed by atoms with Gasteiger partial charge in [0.2, 0.25) is 0 Å². The van der Waals surface area contributed by atoms with Gasteiger partial charge in [-0.15, -0.1) is 0 Å². The molecule has 0 aliphatic carbocycles. The van der Waals surface area contributed by atoms with Crippen molar-refractivity contribution >= 4 is 24.7 Å². The zero-order valence-electron chi connectivity index (χ0n) is 46.6. The Morgan fingerprint density at radius 2 is 0.873 bits per heavy atom. The molecule has 3 unspecified atom stereocenters. The van der Waals surface area contributed by atoms with E-state index >= 15 is 0 Å². The normalized spacial score (nSPS) is 13.9. The van der Waals surface area contributed by atoms with Crippen LogP contribution in [0.2, 0.25) is 0 Å². The summed E-state index contributed by atoms with van der Waals surface area (Å²) in [5, 5.41) is 10.2. The first kappa shape index (κ1) is 70.4. The molecule has 418 valence electrons. The number of aliphatic hydroxyl groups is 1. The molecule has 1 saturated heterocycles. The van der Waals surface area contributed by atoms with Gasteiger partial charge in [-0.3, -0.25) is 0 Å². The number of hydrogen-bond donors (Lipinski definition) is 1. The first-order chi connectivity index (χ1) is 34.7. The van der Waals surface area contributed by atoms with Crippen molar-refractivity contribution in [3.05, 3.63) is 24.3 Å². The van der Waals surface area contributed by atoms with Gasteiger partial charge in [0.1, 0.15) is 26.6 Å². The van der Waals surface area contributed by atoms with Gasteiger partial charge in [-0.2, -0.15) is 0 Å². The van der Waals surface area contributed by atoms with Crippen molar-refractivity contribution in [3.63, 3.8) is 0 Å². The highest BCUT2D eigenvalue weighted by Crippen LogP contribution is 2.16. The van der Waals surface area contributed by atoms with E-state index in [1.807, 2.05) is 6.79 Å². The predicted molar refractivity (Wildman–Crippen MR) is 292 cm³/mol. The predicted octanol–water partition coefficient (Wildman–Crippen LogP) is 13.7. The summed E-state index contributed by atoms with van der Waals surface area (Å²) >= 11 is 0. The highest BCUT2D eigenvalue weighted by Gasteiger charge is 2.11. The summed E-state index contributed by atoms with van der Waals surface area (Å²) in [5.74, 6) is 0.205. The fraction of sp³-hybridized carbons (Fsp3) is 0.864. The molecule has 0 bridgehead atoms. The molecule has 0 radical (unpaired) electrons. The Hall–Kier alpha value is -2.64. The molecule has 1 heterocycles. The van der Waals surface area contributed by atoms with Crippen molar-refractivity contribution in [2.75, 3.05) is 79.1 Å². The van der Waals surface area contributed by atoms with E-state index in [1.54, 1.807) is 0 Å². The molecule has 12 nitrogen and oxygen atoms in total. The van der Waals surface area contributed by atoms with Gasteiger partial charge in [-0.25, -0.2) is 14.4 Å². The van der Waals surface area contributed by atoms with Gasteiger partial charge in [0.25, 0.3) is 0 Å². The largest absolute Gasteiger partial charge is 0.464 e. The quantitative estimate of drug-likeness (QED) is 0.0268. The van der Waals surface area contributed by atoms with E-state index in [1.165, 1.54) is 154 Å². The molecule has 1 N–H and O–H groups in total. The van der Waals surface area contributed by atoms with Crippen LogP contribution < -0.4 is 0 Å². The van der Waals surface area contributed by atoms with Gasteiger partial charge < -0.3 is 43.2 Å². The van der Waals surface area contributed by atoms with Gasteiger partial charge in [0.05, 0.1) is 39.1 Å². The van der Waals surface area contributed by atoms with Crippen LogP contribution in [0, 0.1) is 11.8 Å². The van der Waals surface area contributed by atoms with Crippen LogP contribution in [-0.4, -0.2) is 120 Å². The number of aliphatic hydroxyl groups excluding tert-OH is 1. The molecule has 1 aliphatic rings. The monoisotopic (exact) mass is 1010 g/mol. The van der Waals surface area contributed by atoms with Crippen molar-refractivity contribution in [1.29, 1.82) is 0 Å². The molecule has 1 fully saturated rings. The van der Waals surface area contributed by atoms with E-state index in [0.717, 1.165) is 50.4 Å². The Kier molecular flexibility index (Phi) is 57.8. The molecule has 0 aromatic rings. The van der Waals surface area contributed by atoms with Gasteiger partial charge in [-0.05, 0) is 128 Å². The maximum atomic E-state index is 11.9. The standard InChI is InChI=1S/C50H92O10.C8H17N.CH2O/c1-5-7-22-30-45(3)32-24-18-14-10-9-12-16-20-26-37-58-48(52)42-56-41-40-55-36-28-34-47(51)35-29-39-60-50(54)44-57-43-49(53)59-38-27-21-17-13-11-15-19-25-33-46(4)31-23-8-6-2;1-2-3-6-9-7-4-5-8-9;1-2/h18-19,24-25,45-47,51H,5-17,20-23,26-44H2,1-4H3;2-8H2,1H3;1H2/b24-18-,25-19+;;. The van der Waals surface area contributed by atoms with Crippen LogP contribution in [0.1, 0.15) is 234 Å². The molecule has 0 aromatic heterocycles. The zero-order chi connectivity index (χ0) is 52.5. The van der Waals surface area contributed by atoms with Crippen LogP contribution in [0.15, 0.2) is 24.3 Å². The second kappa shape index (κ2) is 58.3. The highest BCUT2D eigenvalue weighted by molar-refractivity contribution is 5.73. The first-order valence-corrected chi connectivity index (χ1v) is 28.9. The number of esters is 3. The SMILES string of the molecule is C=O.CCCCCC(C)C/C=C\CCCCCCCCOC(=O)COCCOCCCC(O)CCCOC(=O)COCC(=O)OCCCCCCC/C=C/CC(C)CCCCC.CCCCN1CCCC1. The molecular formula is C59H111NO11. The molecular weight excluding hydrogens is 899 g/mol. The maximum absolute atomic E-state index is 11.9. The number of allylic oxidation sites excluding steroid dienone is 4. The molecule has 0 amide bonds. The molecule has 12 heteroatoms. The average Bonchev–Trinajstić information content (AvgIpc) is 3.90. The summed E-state index contributed by atoms with van der Waals surface area (Å²) in [6, 6.07) is 0. The minimum Gasteiger partial charge on any atom is -0.464 e. The number of rotatable bonds is 49. The lowest BCUT2D eigenvalue weighted by molar-refractivity contribution is -0.155. The van der Waals surface area contributed by atoms with Crippen LogP contribution in [0.4, 0.5) is 0 Å². The Morgan fingerprint density at radius 1 is 0.465 bits per heavy atom. The number of hydrogen-bond acceptors (Lipinski definition) is 12. The molecule has 71 heavy (non-hydrogen) atoms. The molecule has 0 spiro atoms. The number of ether oxygens (including phenoxy) is 6. The van der Waals surface area contributed by atoms with Crippen LogP contribution in [0.3, 0.4) is 0 Å². The summed E-state index contributed by atoms with van der Waals surface area (Å²) in [4.78, 5) is 46.2. The Bertz CT molecular complexity index is 1190. The molecule has 1 rings (SSSR count). The van der Waals surface area contributed by atoms with Crippen molar-refractivity contribution in [3.8, 4) is 0 Å². The minimum atomic E-state index is -0.550. The third-order valence-electron chi connectivity index (χ3n) is 12.6. The summed E-state index contributed by atoms with van der Waals surface area (Å²) in [5.41, 5.74) is 0. The van der Waals surface area contributed by atoms with Crippen LogP contribution in [0.25, 0.3) is 0 Å². The maximum Gasteiger partial charge on any atom is 0.332 e. The second-order valence-electron chi connectivity index (χ2n) is 19.7. The fourth-order valence-electron chi connectivity index (χ4n) is 8.13. The fourth-order valence-corrected chi connectivity index (χ4v) is 8.13. The molecule has 0 saturated carbocycles. The van der Waals surface area contributed by atoms with Crippen molar-refractivity contribution in [2.24, 2.45) is 11.8 Å². The minimum absolute atomic E-state index is 0.0751. The van der Waals surface area contributed by atoms with Crippen molar-refractivity contribution in [1.82, 2.24) is 4.90 Å². The van der Waals surface area contributed by atoms with Gasteiger partial charge >= 0.3 is 17.9 Å². The van der Waals surface area contributed by atoms with Gasteiger partial charge in [-0.1, -0.05) is 162 Å². The summed E-state index contributed by atoms with van der Waals surface area (Å²) in [6.45, 7) is 19.0. The molecule has 0 aromatic carbocycles. The van der Waals surface area contributed by atoms with E-state index in [4.69, 9.17) is 33.2 Å². The highest BCUT2D eigenvalue weighted by atomic mass is 16.6. The Morgan fingerprint density at radius 3 is 1.35 bits per heavy atom. The van der Waals surface area contributed by atoms with E-state index in [9.17, 15) is 19.5 Å². The average molecular weight is 1010 g/mol. The number of unbranched alkanes of at least 4 members (excludes halogenated alkanes) is 16. The van der Waals surface area contributed by atoms with Gasteiger partial charge in [0.15, 0.2) is 0 Å². The summed E-state index contributed by atoms with van der Waals surface area (Å²) in [7, 11) is 0. The van der Waals surface area contributed by atoms with E-state index in [0.29, 0.717) is 58.7 Å². The number of nitrogens with zero attached hydrogens (tertiary/aromatic N) is 1. The first-order valence-electron chi connectivity index (χ1n) is 28.9. The van der Waals surface area contributed by atoms with E-state index in [2.05, 4.69) is 63.8 Å². The smallest absolute Gasteiger partial charge is 0.332 e. The van der Waals surface area contributed by atoms with Crippen LogP contribution >= 0.6 is 0 Å². The Labute approximate surface area is 435 Å². The third kappa shape index (κ3) is 56.5. The van der Waals surface area contributed by atoms with E-state index in [-0.39, 0.29) is 32.4 Å². The second-order valence-corrected chi connectivity index (χ2v) is 19.7. The lowest BCUT2D eigenvalue weighted by Gasteiger charge is -2.12. The van der Waals surface area contributed by atoms with E-state index < -0.39 is 18.0 Å². The zero-order valence-corrected chi connectivity index (χ0v) is 46.6. The molecule has 3 atom stereocenters. The number of carbonyl (C=O) groups excluding carboxylic acids is 4. The van der Waals surface area contributed by atoms with Crippen molar-refractivity contribution in [2.45, 2.75) is 240 Å². The lowest BCUT2D eigenvalue weighted by Crippen LogP contribution is -2.19. The topological polar surface area (TPSA) is 147 Å². The number of likely N-dealkylation sites (tertiary alicyclic amines) is 1. The van der Waals surface area contributed by atoms with Gasteiger partial charge in [0, 0.05) is 6.61 Å². The number of carbonyl (C=O) groups is 4. The van der Waals surface area contributed by atoms with Crippen molar-refractivity contribution < 1.29 is 52.7 Å².